The number of halogens is 2. The van der Waals surface area contributed by atoms with Crippen LogP contribution in [-0.4, -0.2) is 57.3 Å². The monoisotopic (exact) mass is 524 g/mol. The Morgan fingerprint density at radius 1 is 1.29 bits per heavy atom. The van der Waals surface area contributed by atoms with Crippen molar-refractivity contribution in [1.82, 2.24) is 15.5 Å². The summed E-state index contributed by atoms with van der Waals surface area (Å²) in [6.07, 6.45) is 3.50. The Kier molecular flexibility index (Phi) is 11.9. The van der Waals surface area contributed by atoms with Gasteiger partial charge in [0.1, 0.15) is 0 Å². The molecule has 1 aromatic rings. The van der Waals surface area contributed by atoms with Gasteiger partial charge in [-0.15, -0.1) is 24.0 Å². The summed E-state index contributed by atoms with van der Waals surface area (Å²) in [6.45, 7) is 8.80. The first-order chi connectivity index (χ1) is 13.1. The molecule has 0 radical (unpaired) electrons. The maximum absolute atomic E-state index is 6.35. The molecule has 0 aliphatic carbocycles. The molecule has 6 nitrogen and oxygen atoms in total. The predicted molar refractivity (Wildman–Crippen MR) is 128 cm³/mol. The molecule has 8 heteroatoms. The highest BCUT2D eigenvalue weighted by Crippen LogP contribution is 2.36. The molecule has 0 amide bonds. The maximum atomic E-state index is 6.35. The molecule has 0 aromatic heterocycles. The van der Waals surface area contributed by atoms with Crippen LogP contribution >= 0.6 is 35.6 Å². The van der Waals surface area contributed by atoms with Crippen LogP contribution in [-0.2, 0) is 6.54 Å². The van der Waals surface area contributed by atoms with Gasteiger partial charge in [-0.05, 0) is 50.4 Å². The van der Waals surface area contributed by atoms with Crippen molar-refractivity contribution in [2.75, 3.05) is 40.4 Å². The van der Waals surface area contributed by atoms with E-state index in [-0.39, 0.29) is 24.0 Å². The van der Waals surface area contributed by atoms with Gasteiger partial charge in [0.25, 0.3) is 0 Å². The van der Waals surface area contributed by atoms with E-state index in [1.165, 1.54) is 13.0 Å². The zero-order chi connectivity index (χ0) is 19.6. The third kappa shape index (κ3) is 7.48. The van der Waals surface area contributed by atoms with Crippen LogP contribution < -0.4 is 20.1 Å². The molecule has 0 spiro atoms. The first-order valence-electron chi connectivity index (χ1n) is 9.79. The highest BCUT2D eigenvalue weighted by molar-refractivity contribution is 14.0. The summed E-state index contributed by atoms with van der Waals surface area (Å²) in [6, 6.07) is 4.31. The number of rotatable bonds is 8. The molecule has 1 saturated heterocycles. The van der Waals surface area contributed by atoms with E-state index in [9.17, 15) is 0 Å². The molecule has 0 saturated carbocycles. The zero-order valence-electron chi connectivity index (χ0n) is 17.4. The molecule has 0 unspecified atom stereocenters. The molecule has 2 N–H and O–H groups in total. The summed E-state index contributed by atoms with van der Waals surface area (Å²) in [5, 5.41) is 7.46. The number of piperidine rings is 1. The second-order valence-corrected chi connectivity index (χ2v) is 7.14. The highest BCUT2D eigenvalue weighted by atomic mass is 127. The number of methoxy groups -OCH3 is 1. The van der Waals surface area contributed by atoms with Crippen molar-refractivity contribution in [2.24, 2.45) is 4.99 Å². The van der Waals surface area contributed by atoms with Crippen LogP contribution in [0.1, 0.15) is 38.7 Å². The molecule has 1 aliphatic heterocycles. The van der Waals surface area contributed by atoms with E-state index in [4.69, 9.17) is 21.1 Å². The number of aliphatic imine (C=N–C) groups is 1. The van der Waals surface area contributed by atoms with E-state index in [0.717, 1.165) is 37.5 Å². The normalized spacial score (nSPS) is 15.7. The number of ether oxygens (including phenoxy) is 2. The molecule has 2 rings (SSSR count). The van der Waals surface area contributed by atoms with E-state index in [0.29, 0.717) is 35.7 Å². The van der Waals surface area contributed by atoms with Crippen LogP contribution in [0.25, 0.3) is 0 Å². The van der Waals surface area contributed by atoms with E-state index >= 15 is 0 Å². The minimum absolute atomic E-state index is 0. The van der Waals surface area contributed by atoms with E-state index in [1.807, 2.05) is 19.1 Å². The lowest BCUT2D eigenvalue weighted by Crippen LogP contribution is -2.48. The van der Waals surface area contributed by atoms with Crippen LogP contribution in [0.5, 0.6) is 11.5 Å². The smallest absolute Gasteiger partial charge is 0.191 e. The quantitative estimate of drug-likeness (QED) is 0.307. The lowest BCUT2D eigenvalue weighted by molar-refractivity contribution is 0.206. The number of likely N-dealkylation sites (tertiary alicyclic amines) is 1. The number of hydrogen-bond acceptors (Lipinski definition) is 4. The van der Waals surface area contributed by atoms with Crippen LogP contribution in [0.4, 0.5) is 0 Å². The van der Waals surface area contributed by atoms with Gasteiger partial charge in [-0.2, -0.15) is 0 Å². The van der Waals surface area contributed by atoms with Crippen LogP contribution in [0.15, 0.2) is 17.1 Å². The molecular weight excluding hydrogens is 491 g/mol. The molecule has 1 heterocycles. The Hall–Kier alpha value is -0.930. The van der Waals surface area contributed by atoms with Crippen molar-refractivity contribution in [1.29, 1.82) is 0 Å². The van der Waals surface area contributed by atoms with Crippen molar-refractivity contribution in [2.45, 2.75) is 45.7 Å². The average molecular weight is 525 g/mol. The molecule has 1 fully saturated rings. The highest BCUT2D eigenvalue weighted by Gasteiger charge is 2.19. The van der Waals surface area contributed by atoms with Gasteiger partial charge in [0, 0.05) is 32.7 Å². The lowest BCUT2D eigenvalue weighted by atomic mass is 10.1. The third-order valence-corrected chi connectivity index (χ3v) is 5.01. The molecule has 0 atom stereocenters. The summed E-state index contributed by atoms with van der Waals surface area (Å²) >= 11 is 6.35. The summed E-state index contributed by atoms with van der Waals surface area (Å²) in [5.74, 6) is 2.05. The van der Waals surface area contributed by atoms with Crippen molar-refractivity contribution in [3.63, 3.8) is 0 Å². The Morgan fingerprint density at radius 3 is 2.57 bits per heavy atom. The summed E-state index contributed by atoms with van der Waals surface area (Å²) in [7, 11) is 3.42. The van der Waals surface area contributed by atoms with Crippen LogP contribution in [0.2, 0.25) is 5.02 Å². The summed E-state index contributed by atoms with van der Waals surface area (Å²) in [4.78, 5) is 6.89. The topological polar surface area (TPSA) is 58.1 Å². The number of benzene rings is 1. The summed E-state index contributed by atoms with van der Waals surface area (Å²) < 4.78 is 11.0. The molecule has 1 aliphatic rings. The summed E-state index contributed by atoms with van der Waals surface area (Å²) in [5.41, 5.74) is 1.01. The SMILES string of the molecule is CCCN1CCC(NC(=NC)NCc2cc(Cl)c(OCC)c(OC)c2)CC1.I. The lowest BCUT2D eigenvalue weighted by Gasteiger charge is -2.32. The van der Waals surface area contributed by atoms with E-state index in [1.54, 1.807) is 14.2 Å². The molecule has 0 bridgehead atoms. The molecular formula is C20H34ClIN4O2. The van der Waals surface area contributed by atoms with Gasteiger partial charge < -0.3 is 25.0 Å². The number of guanidine groups is 1. The number of nitrogens with one attached hydrogen (secondary N) is 2. The van der Waals surface area contributed by atoms with E-state index in [2.05, 4.69) is 27.4 Å². The van der Waals surface area contributed by atoms with Crippen LogP contribution in [0.3, 0.4) is 0 Å². The van der Waals surface area contributed by atoms with Gasteiger partial charge in [-0.3, -0.25) is 4.99 Å². The largest absolute Gasteiger partial charge is 0.493 e. The second kappa shape index (κ2) is 13.3. The standard InChI is InChI=1S/C20H33ClN4O2.HI/c1-5-9-25-10-7-16(8-11-25)24-20(22-3)23-14-15-12-17(21)19(27-6-2)18(13-15)26-4;/h12-13,16H,5-11,14H2,1-4H3,(H2,22,23,24);1H. The number of hydrogen-bond donors (Lipinski definition) is 2. The molecule has 1 aromatic carbocycles. The molecule has 28 heavy (non-hydrogen) atoms. The van der Waals surface area contributed by atoms with Gasteiger partial charge in [-0.1, -0.05) is 18.5 Å². The Balaban J connectivity index is 0.00000392. The predicted octanol–water partition coefficient (Wildman–Crippen LogP) is 3.90. The Labute approximate surface area is 191 Å². The van der Waals surface area contributed by atoms with Crippen molar-refractivity contribution >= 4 is 41.5 Å². The average Bonchev–Trinajstić information content (AvgIpc) is 2.68. The van der Waals surface area contributed by atoms with Crippen molar-refractivity contribution in [3.05, 3.63) is 22.7 Å². The fraction of sp³-hybridized carbons (Fsp3) is 0.650. The van der Waals surface area contributed by atoms with E-state index < -0.39 is 0 Å². The zero-order valence-corrected chi connectivity index (χ0v) is 20.5. The maximum Gasteiger partial charge on any atom is 0.191 e. The minimum atomic E-state index is 0. The van der Waals surface area contributed by atoms with Gasteiger partial charge in [-0.25, -0.2) is 0 Å². The van der Waals surface area contributed by atoms with Crippen LogP contribution in [0, 0.1) is 0 Å². The minimum Gasteiger partial charge on any atom is -0.493 e. The first kappa shape index (κ1) is 25.1. The van der Waals surface area contributed by atoms with Gasteiger partial charge in [0.2, 0.25) is 0 Å². The Bertz CT molecular complexity index is 622. The second-order valence-electron chi connectivity index (χ2n) is 6.73. The third-order valence-electron chi connectivity index (χ3n) is 4.73. The van der Waals surface area contributed by atoms with Crippen molar-refractivity contribution in [3.8, 4) is 11.5 Å². The van der Waals surface area contributed by atoms with Crippen molar-refractivity contribution < 1.29 is 9.47 Å². The van der Waals surface area contributed by atoms with Gasteiger partial charge in [0.15, 0.2) is 17.5 Å². The van der Waals surface area contributed by atoms with Gasteiger partial charge >= 0.3 is 0 Å². The van der Waals surface area contributed by atoms with Gasteiger partial charge in [0.05, 0.1) is 18.7 Å². The molecule has 160 valence electrons. The fourth-order valence-corrected chi connectivity index (χ4v) is 3.64. The first-order valence-corrected chi connectivity index (χ1v) is 10.2. The fourth-order valence-electron chi connectivity index (χ4n) is 3.35. The number of nitrogens with zero attached hydrogens (tertiary/aromatic N) is 2. The Morgan fingerprint density at radius 2 is 2.00 bits per heavy atom.